The van der Waals surface area contributed by atoms with Crippen LogP contribution in [0.25, 0.3) is 0 Å². The summed E-state index contributed by atoms with van der Waals surface area (Å²) in [6.45, 7) is -0.200. The molecule has 0 fully saturated rings. The summed E-state index contributed by atoms with van der Waals surface area (Å²) in [7, 11) is 0.978. The SMILES string of the molecule is N#Cc1cc(CN)c(S(=O)(=O)Cl)cc1[N+](=O)[O-]. The highest BCUT2D eigenvalue weighted by Crippen LogP contribution is 2.28. The third kappa shape index (κ3) is 2.71. The second-order valence-electron chi connectivity index (χ2n) is 2.99. The highest BCUT2D eigenvalue weighted by molar-refractivity contribution is 8.13. The molecule has 0 bridgehead atoms. The molecule has 0 amide bonds. The van der Waals surface area contributed by atoms with E-state index in [1.54, 1.807) is 6.07 Å². The number of benzene rings is 1. The maximum Gasteiger partial charge on any atom is 0.288 e. The fourth-order valence-electron chi connectivity index (χ4n) is 1.24. The lowest BCUT2D eigenvalue weighted by Crippen LogP contribution is -2.06. The first kappa shape index (κ1) is 13.4. The van der Waals surface area contributed by atoms with Crippen molar-refractivity contribution in [1.29, 1.82) is 5.26 Å². The van der Waals surface area contributed by atoms with E-state index < -0.39 is 24.6 Å². The Morgan fingerprint density at radius 2 is 2.12 bits per heavy atom. The normalized spacial score (nSPS) is 10.9. The molecule has 0 atom stereocenters. The van der Waals surface area contributed by atoms with E-state index in [1.165, 1.54) is 0 Å². The monoisotopic (exact) mass is 275 g/mol. The van der Waals surface area contributed by atoms with Crippen LogP contribution in [0.5, 0.6) is 0 Å². The topological polar surface area (TPSA) is 127 Å². The molecule has 0 aliphatic heterocycles. The van der Waals surface area contributed by atoms with E-state index in [4.69, 9.17) is 21.7 Å². The quantitative estimate of drug-likeness (QED) is 0.495. The van der Waals surface area contributed by atoms with Gasteiger partial charge in [-0.15, -0.1) is 0 Å². The molecule has 0 saturated heterocycles. The van der Waals surface area contributed by atoms with Crippen molar-refractivity contribution in [3.63, 3.8) is 0 Å². The van der Waals surface area contributed by atoms with Gasteiger partial charge in [-0.1, -0.05) is 0 Å². The Morgan fingerprint density at radius 3 is 2.47 bits per heavy atom. The number of hydrogen-bond donors (Lipinski definition) is 1. The van der Waals surface area contributed by atoms with Gasteiger partial charge >= 0.3 is 0 Å². The summed E-state index contributed by atoms with van der Waals surface area (Å²) in [5.41, 5.74) is 4.47. The Bertz CT molecular complexity index is 620. The number of nitrogens with two attached hydrogens (primary N) is 1. The summed E-state index contributed by atoms with van der Waals surface area (Å²) < 4.78 is 22.4. The number of halogens is 1. The van der Waals surface area contributed by atoms with E-state index in [2.05, 4.69) is 0 Å². The summed E-state index contributed by atoms with van der Waals surface area (Å²) in [6, 6.07) is 3.38. The van der Waals surface area contributed by atoms with Gasteiger partial charge in [-0.05, 0) is 11.6 Å². The number of rotatable bonds is 3. The fourth-order valence-corrected chi connectivity index (χ4v) is 2.38. The largest absolute Gasteiger partial charge is 0.326 e. The number of nitrogens with zero attached hydrogens (tertiary/aromatic N) is 2. The van der Waals surface area contributed by atoms with Gasteiger partial charge in [0.15, 0.2) is 0 Å². The van der Waals surface area contributed by atoms with Crippen LogP contribution in [-0.2, 0) is 15.6 Å². The first-order chi connectivity index (χ1) is 7.81. The second-order valence-corrected chi connectivity index (χ2v) is 5.52. The van der Waals surface area contributed by atoms with Gasteiger partial charge in [0.1, 0.15) is 11.6 Å². The van der Waals surface area contributed by atoms with Crippen LogP contribution >= 0.6 is 10.7 Å². The van der Waals surface area contributed by atoms with Crippen molar-refractivity contribution in [3.8, 4) is 6.07 Å². The molecule has 1 rings (SSSR count). The van der Waals surface area contributed by atoms with Gasteiger partial charge < -0.3 is 5.73 Å². The van der Waals surface area contributed by atoms with Gasteiger partial charge in [0, 0.05) is 23.3 Å². The van der Waals surface area contributed by atoms with Crippen molar-refractivity contribution in [2.75, 3.05) is 0 Å². The molecule has 17 heavy (non-hydrogen) atoms. The van der Waals surface area contributed by atoms with Gasteiger partial charge in [0.25, 0.3) is 14.7 Å². The first-order valence-corrected chi connectivity index (χ1v) is 6.48. The molecule has 7 nitrogen and oxygen atoms in total. The summed E-state index contributed by atoms with van der Waals surface area (Å²) in [5.74, 6) is 0. The minimum Gasteiger partial charge on any atom is -0.326 e. The van der Waals surface area contributed by atoms with Gasteiger partial charge in [0.05, 0.1) is 9.82 Å². The van der Waals surface area contributed by atoms with E-state index in [1.807, 2.05) is 0 Å². The van der Waals surface area contributed by atoms with Crippen molar-refractivity contribution in [3.05, 3.63) is 33.4 Å². The lowest BCUT2D eigenvalue weighted by Gasteiger charge is -2.05. The van der Waals surface area contributed by atoms with E-state index in [0.29, 0.717) is 0 Å². The summed E-state index contributed by atoms with van der Waals surface area (Å²) in [5, 5.41) is 19.3. The van der Waals surface area contributed by atoms with Crippen molar-refractivity contribution in [2.24, 2.45) is 5.73 Å². The van der Waals surface area contributed by atoms with E-state index in [0.717, 1.165) is 12.1 Å². The zero-order valence-corrected chi connectivity index (χ0v) is 9.83. The van der Waals surface area contributed by atoms with Crippen LogP contribution in [0.4, 0.5) is 5.69 Å². The molecule has 9 heteroatoms. The Kier molecular flexibility index (Phi) is 3.67. The Morgan fingerprint density at radius 1 is 1.53 bits per heavy atom. The van der Waals surface area contributed by atoms with Crippen LogP contribution < -0.4 is 5.73 Å². The lowest BCUT2D eigenvalue weighted by atomic mass is 10.1. The smallest absolute Gasteiger partial charge is 0.288 e. The molecule has 1 aromatic rings. The van der Waals surface area contributed by atoms with Gasteiger partial charge in [-0.3, -0.25) is 10.1 Å². The molecular formula is C8H6ClN3O4S. The van der Waals surface area contributed by atoms with Crippen LogP contribution in [0, 0.1) is 21.4 Å². The third-order valence-corrected chi connectivity index (χ3v) is 3.38. The lowest BCUT2D eigenvalue weighted by molar-refractivity contribution is -0.385. The maximum absolute atomic E-state index is 11.2. The van der Waals surface area contributed by atoms with Gasteiger partial charge in [-0.2, -0.15) is 5.26 Å². The van der Waals surface area contributed by atoms with E-state index in [9.17, 15) is 18.5 Å². The third-order valence-electron chi connectivity index (χ3n) is 1.98. The van der Waals surface area contributed by atoms with Crippen LogP contribution in [0.15, 0.2) is 17.0 Å². The average molecular weight is 276 g/mol. The molecule has 0 aliphatic carbocycles. The standard InChI is InChI=1S/C8H6ClN3O4S/c9-17(15,16)8-2-7(12(13)14)5(3-10)1-6(8)4-11/h1-2H,4,11H2. The molecule has 0 aromatic heterocycles. The van der Waals surface area contributed by atoms with Crippen molar-refractivity contribution >= 4 is 25.4 Å². The molecule has 0 heterocycles. The maximum atomic E-state index is 11.2. The molecule has 0 saturated carbocycles. The molecule has 0 aliphatic rings. The Balaban J connectivity index is 3.70. The molecule has 0 unspecified atom stereocenters. The number of nitro benzene ring substituents is 1. The predicted molar refractivity (Wildman–Crippen MR) is 58.7 cm³/mol. The first-order valence-electron chi connectivity index (χ1n) is 4.17. The fraction of sp³-hybridized carbons (Fsp3) is 0.125. The minimum absolute atomic E-state index is 0.0575. The van der Waals surface area contributed by atoms with Gasteiger partial charge in [0.2, 0.25) is 0 Å². The summed E-state index contributed by atoms with van der Waals surface area (Å²) in [4.78, 5) is 9.34. The molecule has 0 radical (unpaired) electrons. The van der Waals surface area contributed by atoms with Crippen LogP contribution in [-0.4, -0.2) is 13.3 Å². The molecule has 1 aromatic carbocycles. The molecular weight excluding hydrogens is 270 g/mol. The second kappa shape index (κ2) is 4.67. The predicted octanol–water partition coefficient (Wildman–Crippen LogP) is 0.853. The highest BCUT2D eigenvalue weighted by Gasteiger charge is 2.23. The molecule has 90 valence electrons. The Hall–Kier alpha value is -1.69. The summed E-state index contributed by atoms with van der Waals surface area (Å²) >= 11 is 0. The molecule has 0 spiro atoms. The van der Waals surface area contributed by atoms with Crippen molar-refractivity contribution < 1.29 is 13.3 Å². The average Bonchev–Trinajstić information content (AvgIpc) is 2.25. The highest BCUT2D eigenvalue weighted by atomic mass is 35.7. The zero-order chi connectivity index (χ0) is 13.2. The number of hydrogen-bond acceptors (Lipinski definition) is 6. The van der Waals surface area contributed by atoms with Crippen LogP contribution in [0.2, 0.25) is 0 Å². The van der Waals surface area contributed by atoms with Crippen molar-refractivity contribution in [2.45, 2.75) is 11.4 Å². The van der Waals surface area contributed by atoms with E-state index in [-0.39, 0.29) is 17.7 Å². The van der Waals surface area contributed by atoms with Crippen LogP contribution in [0.3, 0.4) is 0 Å². The minimum atomic E-state index is -4.15. The van der Waals surface area contributed by atoms with E-state index >= 15 is 0 Å². The van der Waals surface area contributed by atoms with Crippen molar-refractivity contribution in [1.82, 2.24) is 0 Å². The summed E-state index contributed by atoms with van der Waals surface area (Å²) in [6.07, 6.45) is 0. The molecule has 2 N–H and O–H groups in total. The van der Waals surface area contributed by atoms with Crippen LogP contribution in [0.1, 0.15) is 11.1 Å². The number of nitriles is 1. The Labute approximate surface area is 101 Å². The number of nitro groups is 1. The zero-order valence-electron chi connectivity index (χ0n) is 8.25. The van der Waals surface area contributed by atoms with Gasteiger partial charge in [-0.25, -0.2) is 8.42 Å².